The average Bonchev–Trinajstić information content (AvgIpc) is 2.13. The Morgan fingerprint density at radius 3 is 2.36 bits per heavy atom. The molecular formula is C9H16NO3Si. The molecule has 0 aromatic carbocycles. The largest absolute Gasteiger partial charge is 0.355 e. The summed E-state index contributed by atoms with van der Waals surface area (Å²) in [5.74, 6) is 0. The van der Waals surface area contributed by atoms with Gasteiger partial charge in [-0.2, -0.15) is 0 Å². The highest BCUT2D eigenvalue weighted by atomic mass is 28.1. The molecule has 0 rings (SSSR count). The van der Waals surface area contributed by atoms with Crippen molar-refractivity contribution >= 4 is 16.3 Å². The van der Waals surface area contributed by atoms with E-state index in [9.17, 15) is 4.79 Å². The number of hydrogen-bond acceptors (Lipinski definition) is 4. The molecule has 3 radical (unpaired) electrons. The van der Waals surface area contributed by atoms with E-state index in [-0.39, 0.29) is 0 Å². The van der Waals surface area contributed by atoms with Crippen LogP contribution in [0, 0.1) is 0 Å². The van der Waals surface area contributed by atoms with Crippen molar-refractivity contribution in [2.24, 2.45) is 4.99 Å². The van der Waals surface area contributed by atoms with Crippen LogP contribution in [0.1, 0.15) is 26.7 Å². The summed E-state index contributed by atoms with van der Waals surface area (Å²) in [4.78, 5) is 13.3. The van der Waals surface area contributed by atoms with Crippen molar-refractivity contribution in [1.29, 1.82) is 0 Å². The smallest absolute Gasteiger partial charge is 0.234 e. The number of aliphatic imine (C=N–C) groups is 1. The molecule has 14 heavy (non-hydrogen) atoms. The van der Waals surface area contributed by atoms with Gasteiger partial charge in [0.1, 0.15) is 15.7 Å². The molecule has 0 unspecified atom stereocenters. The lowest BCUT2D eigenvalue weighted by Crippen LogP contribution is -2.36. The zero-order chi connectivity index (χ0) is 10.9. The lowest BCUT2D eigenvalue weighted by atomic mass is 10.3. The van der Waals surface area contributed by atoms with E-state index in [1.54, 1.807) is 0 Å². The van der Waals surface area contributed by atoms with Crippen LogP contribution in [0.2, 0.25) is 0 Å². The SMILES string of the molecule is CCOC([Si])(CCCN=C=O)OCC. The molecule has 0 atom stereocenters. The van der Waals surface area contributed by atoms with Crippen molar-refractivity contribution in [1.82, 2.24) is 0 Å². The van der Waals surface area contributed by atoms with E-state index in [0.29, 0.717) is 26.2 Å². The van der Waals surface area contributed by atoms with E-state index in [1.165, 1.54) is 6.08 Å². The first kappa shape index (κ1) is 13.5. The van der Waals surface area contributed by atoms with Gasteiger partial charge in [0.05, 0.1) is 6.54 Å². The fraction of sp³-hybridized carbons (Fsp3) is 0.889. The predicted molar refractivity (Wildman–Crippen MR) is 54.0 cm³/mol. The van der Waals surface area contributed by atoms with Crippen LogP contribution in [-0.2, 0) is 14.3 Å². The summed E-state index contributed by atoms with van der Waals surface area (Å²) in [6, 6.07) is 0. The molecule has 0 saturated carbocycles. The van der Waals surface area contributed by atoms with Gasteiger partial charge in [-0.1, -0.05) is 0 Å². The van der Waals surface area contributed by atoms with Crippen LogP contribution in [-0.4, -0.2) is 41.5 Å². The second-order valence-electron chi connectivity index (χ2n) is 2.70. The number of isocyanates is 1. The molecule has 0 fully saturated rings. The second-order valence-corrected chi connectivity index (χ2v) is 3.46. The molecule has 0 heterocycles. The lowest BCUT2D eigenvalue weighted by molar-refractivity contribution is -0.176. The minimum absolute atomic E-state index is 0.454. The van der Waals surface area contributed by atoms with Crippen LogP contribution in [0.15, 0.2) is 4.99 Å². The zero-order valence-electron chi connectivity index (χ0n) is 8.71. The Hall–Kier alpha value is -0.483. The van der Waals surface area contributed by atoms with Crippen molar-refractivity contribution in [3.05, 3.63) is 0 Å². The minimum Gasteiger partial charge on any atom is -0.355 e. The molecule has 0 aromatic heterocycles. The van der Waals surface area contributed by atoms with Crippen molar-refractivity contribution in [2.75, 3.05) is 19.8 Å². The fourth-order valence-electron chi connectivity index (χ4n) is 1.09. The van der Waals surface area contributed by atoms with Gasteiger partial charge in [0.25, 0.3) is 0 Å². The summed E-state index contributed by atoms with van der Waals surface area (Å²) < 4.78 is 10.8. The first-order valence-electron chi connectivity index (χ1n) is 4.75. The maximum absolute atomic E-state index is 9.81. The molecule has 5 heteroatoms. The van der Waals surface area contributed by atoms with Crippen LogP contribution < -0.4 is 0 Å². The third-order valence-corrected chi connectivity index (χ3v) is 2.13. The summed E-state index contributed by atoms with van der Waals surface area (Å²) in [6.07, 6.45) is 2.87. The Morgan fingerprint density at radius 2 is 1.93 bits per heavy atom. The standard InChI is InChI=1S/C9H16NO3Si/c1-3-12-9(14,13-4-2)6-5-7-10-8-11/h3-7H2,1-2H3. The van der Waals surface area contributed by atoms with Gasteiger partial charge < -0.3 is 9.47 Å². The van der Waals surface area contributed by atoms with Crippen LogP contribution >= 0.6 is 0 Å². The molecule has 0 aromatic rings. The molecule has 0 aliphatic rings. The number of hydrogen-bond donors (Lipinski definition) is 0. The molecule has 0 amide bonds. The topological polar surface area (TPSA) is 47.9 Å². The molecule has 0 bridgehead atoms. The van der Waals surface area contributed by atoms with Gasteiger partial charge in [-0.05, 0) is 26.7 Å². The average molecular weight is 214 g/mol. The highest BCUT2D eigenvalue weighted by molar-refractivity contribution is 6.13. The van der Waals surface area contributed by atoms with Gasteiger partial charge >= 0.3 is 0 Å². The van der Waals surface area contributed by atoms with Gasteiger partial charge in [0.15, 0.2) is 0 Å². The molecule has 4 nitrogen and oxygen atoms in total. The summed E-state index contributed by atoms with van der Waals surface area (Å²) in [5.41, 5.74) is -0.734. The first-order valence-corrected chi connectivity index (χ1v) is 5.25. The first-order chi connectivity index (χ1) is 6.68. The Kier molecular flexibility index (Phi) is 7.61. The molecular weight excluding hydrogens is 198 g/mol. The third kappa shape index (κ3) is 6.04. The Bertz CT molecular complexity index is 186. The maximum Gasteiger partial charge on any atom is 0.234 e. The van der Waals surface area contributed by atoms with Crippen molar-refractivity contribution in [3.8, 4) is 0 Å². The van der Waals surface area contributed by atoms with E-state index in [2.05, 4.69) is 15.2 Å². The summed E-state index contributed by atoms with van der Waals surface area (Å²) in [5, 5.41) is 0. The zero-order valence-corrected chi connectivity index (χ0v) is 9.71. The quantitative estimate of drug-likeness (QED) is 0.199. The normalized spacial score (nSPS) is 11.1. The third-order valence-electron chi connectivity index (χ3n) is 1.60. The highest BCUT2D eigenvalue weighted by Crippen LogP contribution is 2.15. The summed E-state index contributed by atoms with van der Waals surface area (Å²) in [6.45, 7) is 5.39. The lowest BCUT2D eigenvalue weighted by Gasteiger charge is -2.29. The van der Waals surface area contributed by atoms with E-state index in [4.69, 9.17) is 9.47 Å². The molecule has 0 aliphatic heterocycles. The van der Waals surface area contributed by atoms with E-state index < -0.39 is 5.41 Å². The van der Waals surface area contributed by atoms with Gasteiger partial charge in [0.2, 0.25) is 6.08 Å². The van der Waals surface area contributed by atoms with E-state index in [1.807, 2.05) is 13.8 Å². The molecule has 0 saturated heterocycles. The summed E-state index contributed by atoms with van der Waals surface area (Å²) in [7, 11) is 3.43. The predicted octanol–water partition coefficient (Wildman–Crippen LogP) is 0.998. The van der Waals surface area contributed by atoms with Crippen LogP contribution in [0.3, 0.4) is 0 Å². The van der Waals surface area contributed by atoms with Gasteiger partial charge in [0, 0.05) is 13.2 Å². The molecule has 0 aliphatic carbocycles. The van der Waals surface area contributed by atoms with E-state index in [0.717, 1.165) is 6.42 Å². The van der Waals surface area contributed by atoms with Crippen LogP contribution in [0.5, 0.6) is 0 Å². The van der Waals surface area contributed by atoms with Gasteiger partial charge in [-0.3, -0.25) is 0 Å². The molecule has 0 N–H and O–H groups in total. The fourth-order valence-corrected chi connectivity index (χ4v) is 1.55. The van der Waals surface area contributed by atoms with Crippen LogP contribution in [0.25, 0.3) is 0 Å². The van der Waals surface area contributed by atoms with Gasteiger partial charge in [-0.15, -0.1) is 0 Å². The number of ether oxygens (including phenoxy) is 2. The summed E-state index contributed by atoms with van der Waals surface area (Å²) >= 11 is 0. The van der Waals surface area contributed by atoms with E-state index >= 15 is 0 Å². The maximum atomic E-state index is 9.81. The minimum atomic E-state index is -0.734. The van der Waals surface area contributed by atoms with Crippen LogP contribution in [0.4, 0.5) is 0 Å². The van der Waals surface area contributed by atoms with Crippen molar-refractivity contribution in [2.45, 2.75) is 32.1 Å². The van der Waals surface area contributed by atoms with Crippen molar-refractivity contribution < 1.29 is 14.3 Å². The van der Waals surface area contributed by atoms with Gasteiger partial charge in [-0.25, -0.2) is 9.79 Å². The Labute approximate surface area is 88.1 Å². The second kappa shape index (κ2) is 7.88. The molecule has 79 valence electrons. The number of nitrogens with zero attached hydrogens (tertiary/aromatic N) is 1. The Balaban J connectivity index is 3.88. The monoisotopic (exact) mass is 214 g/mol. The van der Waals surface area contributed by atoms with Crippen molar-refractivity contribution in [3.63, 3.8) is 0 Å². The highest BCUT2D eigenvalue weighted by Gasteiger charge is 2.23. The Morgan fingerprint density at radius 1 is 1.36 bits per heavy atom. The number of rotatable bonds is 8. The number of carbonyl (C=O) groups excluding carboxylic acids is 1. The molecule has 0 spiro atoms.